The summed E-state index contributed by atoms with van der Waals surface area (Å²) in [7, 11) is -4.08. The fourth-order valence-corrected chi connectivity index (χ4v) is 6.99. The first-order valence-electron chi connectivity index (χ1n) is 14.7. The Bertz CT molecular complexity index is 1640. The minimum Gasteiger partial charge on any atom is -0.354 e. The minimum atomic E-state index is -4.47. The van der Waals surface area contributed by atoms with Crippen molar-refractivity contribution in [2.24, 2.45) is 5.92 Å². The van der Waals surface area contributed by atoms with Gasteiger partial charge in [0.25, 0.3) is 0 Å². The van der Waals surface area contributed by atoms with Crippen LogP contribution in [0.4, 0.5) is 23.4 Å². The molecule has 3 aromatic rings. The second kappa shape index (κ2) is 13.3. The van der Waals surface area contributed by atoms with Crippen molar-refractivity contribution in [1.82, 2.24) is 19.5 Å². The number of alkyl halides is 3. The summed E-state index contributed by atoms with van der Waals surface area (Å²) >= 11 is 0. The number of benzene rings is 2. The van der Waals surface area contributed by atoms with Crippen molar-refractivity contribution >= 4 is 21.7 Å². The summed E-state index contributed by atoms with van der Waals surface area (Å²) in [5.41, 5.74) is 0.839. The van der Waals surface area contributed by atoms with E-state index in [4.69, 9.17) is 4.98 Å². The number of hydrogen-bond donors (Lipinski definition) is 1. The Hall–Kier alpha value is -3.81. The van der Waals surface area contributed by atoms with E-state index in [0.717, 1.165) is 60.3 Å². The van der Waals surface area contributed by atoms with Crippen molar-refractivity contribution in [2.45, 2.75) is 37.5 Å². The zero-order valence-corrected chi connectivity index (χ0v) is 25.8. The average Bonchev–Trinajstić information content (AvgIpc) is 3.51. The Morgan fingerprint density at radius 1 is 1.00 bits per heavy atom. The van der Waals surface area contributed by atoms with Gasteiger partial charge in [0.2, 0.25) is 15.9 Å². The lowest BCUT2D eigenvalue weighted by Gasteiger charge is -2.36. The molecule has 0 bridgehead atoms. The molecule has 1 N–H and O–H groups in total. The molecule has 1 atom stereocenters. The van der Waals surface area contributed by atoms with Gasteiger partial charge in [-0.05, 0) is 60.0 Å². The second-order valence-corrected chi connectivity index (χ2v) is 13.5. The van der Waals surface area contributed by atoms with Crippen LogP contribution in [0.15, 0.2) is 77.7 Å². The van der Waals surface area contributed by atoms with Gasteiger partial charge in [0, 0.05) is 51.4 Å². The van der Waals surface area contributed by atoms with Crippen LogP contribution in [0.1, 0.15) is 25.0 Å². The van der Waals surface area contributed by atoms with Crippen molar-refractivity contribution in [3.8, 4) is 11.3 Å². The fraction of sp³-hybridized carbons (Fsp3) is 0.375. The van der Waals surface area contributed by atoms with Crippen LogP contribution in [0.25, 0.3) is 11.3 Å². The lowest BCUT2D eigenvalue weighted by molar-refractivity contribution is -0.137. The average molecular weight is 646 g/mol. The predicted octanol–water partition coefficient (Wildman–Crippen LogP) is 4.93. The third-order valence-corrected chi connectivity index (χ3v) is 9.63. The van der Waals surface area contributed by atoms with E-state index in [1.54, 1.807) is 12.1 Å². The largest absolute Gasteiger partial charge is 0.416 e. The molecule has 240 valence electrons. The van der Waals surface area contributed by atoms with Gasteiger partial charge < -0.3 is 10.2 Å². The van der Waals surface area contributed by atoms with Crippen LogP contribution in [0.5, 0.6) is 0 Å². The van der Waals surface area contributed by atoms with Gasteiger partial charge in [-0.2, -0.15) is 17.5 Å². The molecule has 0 radical (unpaired) electrons. The Morgan fingerprint density at radius 2 is 1.67 bits per heavy atom. The number of carbonyl (C=O) groups is 1. The molecule has 2 aromatic carbocycles. The number of piperazine rings is 1. The topological polar surface area (TPSA) is 85.9 Å². The molecule has 1 aromatic heterocycles. The maximum Gasteiger partial charge on any atom is 0.416 e. The van der Waals surface area contributed by atoms with Crippen LogP contribution in [0, 0.1) is 11.7 Å². The van der Waals surface area contributed by atoms with Crippen molar-refractivity contribution in [3.63, 3.8) is 0 Å². The molecule has 3 heterocycles. The number of nitrogens with zero attached hydrogens (tertiary/aromatic N) is 4. The highest BCUT2D eigenvalue weighted by Gasteiger charge is 2.36. The number of carbonyl (C=O) groups excluding carboxylic acids is 1. The number of halogens is 4. The van der Waals surface area contributed by atoms with Gasteiger partial charge in [-0.25, -0.2) is 17.8 Å². The quantitative estimate of drug-likeness (QED) is 0.263. The van der Waals surface area contributed by atoms with E-state index >= 15 is 0 Å². The highest BCUT2D eigenvalue weighted by Crippen LogP contribution is 2.32. The Labute approximate surface area is 260 Å². The zero-order valence-electron chi connectivity index (χ0n) is 25.0. The number of nitrogens with one attached hydrogen (secondary N) is 1. The highest BCUT2D eigenvalue weighted by atomic mass is 32.2. The molecule has 2 aliphatic rings. The summed E-state index contributed by atoms with van der Waals surface area (Å²) in [5, 5.41) is 2.81. The number of amides is 1. The third kappa shape index (κ3) is 7.71. The monoisotopic (exact) mass is 645 g/mol. The van der Waals surface area contributed by atoms with Gasteiger partial charge >= 0.3 is 6.18 Å². The predicted molar refractivity (Wildman–Crippen MR) is 163 cm³/mol. The third-order valence-electron chi connectivity index (χ3n) is 7.77. The molecule has 1 amide bonds. The van der Waals surface area contributed by atoms with E-state index in [1.165, 1.54) is 18.2 Å². The second-order valence-electron chi connectivity index (χ2n) is 11.6. The Kier molecular flexibility index (Phi) is 9.61. The maximum absolute atomic E-state index is 13.4. The summed E-state index contributed by atoms with van der Waals surface area (Å²) in [5.74, 6) is 0.0464. The fourth-order valence-electron chi connectivity index (χ4n) is 5.49. The van der Waals surface area contributed by atoms with Gasteiger partial charge in [0.05, 0.1) is 16.2 Å². The Balaban J connectivity index is 1.36. The van der Waals surface area contributed by atoms with Crippen LogP contribution >= 0.6 is 0 Å². The molecule has 0 unspecified atom stereocenters. The molecule has 0 aliphatic carbocycles. The molecule has 5 rings (SSSR count). The number of rotatable bonds is 9. The Morgan fingerprint density at radius 3 is 2.29 bits per heavy atom. The standard InChI is InChI=1S/C32H35F4N5O3S/c1-22(2)21-39-14-16-40(17-15-39)30-19-23(18-28(38-30)24-5-7-25(8-6-24)32(34,35)36)20-37-31(42)29-4-3-13-41(29)45(43,44)27-11-9-26(33)10-12-27/h3-12,18-19,22,29H,13-17,20-21H2,1-2H3,(H,37,42)/t29-/m0/s1. The van der Waals surface area contributed by atoms with Crippen LogP contribution < -0.4 is 10.2 Å². The van der Waals surface area contributed by atoms with Gasteiger partial charge in [0.15, 0.2) is 0 Å². The molecular formula is C32H35F4N5O3S. The summed E-state index contributed by atoms with van der Waals surface area (Å²) < 4.78 is 80.5. The molecule has 45 heavy (non-hydrogen) atoms. The van der Waals surface area contributed by atoms with Gasteiger partial charge in [-0.3, -0.25) is 9.69 Å². The first kappa shape index (κ1) is 32.6. The number of pyridine rings is 1. The lowest BCUT2D eigenvalue weighted by atomic mass is 10.1. The SMILES string of the molecule is CC(C)CN1CCN(c2cc(CNC(=O)[C@@H]3C=CCN3S(=O)(=O)c3ccc(F)cc3)cc(-c3ccc(C(F)(F)F)cc3)n2)CC1. The van der Waals surface area contributed by atoms with Gasteiger partial charge in [0.1, 0.15) is 17.7 Å². The normalized spacial score (nSPS) is 18.1. The summed E-state index contributed by atoms with van der Waals surface area (Å²) in [6.45, 7) is 8.43. The molecule has 1 saturated heterocycles. The maximum atomic E-state index is 13.4. The number of sulfonamides is 1. The first-order valence-corrected chi connectivity index (χ1v) is 16.1. The first-order chi connectivity index (χ1) is 21.3. The van der Waals surface area contributed by atoms with Crippen molar-refractivity contribution in [1.29, 1.82) is 0 Å². The molecule has 2 aliphatic heterocycles. The zero-order chi connectivity index (χ0) is 32.4. The molecule has 0 spiro atoms. The minimum absolute atomic E-state index is 0.0158. The smallest absolute Gasteiger partial charge is 0.354 e. The summed E-state index contributed by atoms with van der Waals surface area (Å²) in [6, 6.07) is 11.6. The van der Waals surface area contributed by atoms with Gasteiger partial charge in [-0.1, -0.05) is 38.1 Å². The van der Waals surface area contributed by atoms with E-state index in [2.05, 4.69) is 29.0 Å². The van der Waals surface area contributed by atoms with Crippen molar-refractivity contribution in [3.05, 3.63) is 89.8 Å². The number of anilines is 1. The molecule has 13 heteroatoms. The van der Waals surface area contributed by atoms with Crippen LogP contribution in [-0.2, 0) is 27.5 Å². The van der Waals surface area contributed by atoms with E-state index < -0.39 is 39.5 Å². The highest BCUT2D eigenvalue weighted by molar-refractivity contribution is 7.89. The van der Waals surface area contributed by atoms with E-state index in [-0.39, 0.29) is 18.0 Å². The van der Waals surface area contributed by atoms with E-state index in [0.29, 0.717) is 41.6 Å². The summed E-state index contributed by atoms with van der Waals surface area (Å²) in [4.78, 5) is 22.4. The van der Waals surface area contributed by atoms with Gasteiger partial charge in [-0.15, -0.1) is 0 Å². The molecule has 8 nitrogen and oxygen atoms in total. The van der Waals surface area contributed by atoms with E-state index in [1.807, 2.05) is 6.07 Å². The molecular weight excluding hydrogens is 610 g/mol. The lowest BCUT2D eigenvalue weighted by Crippen LogP contribution is -2.47. The van der Waals surface area contributed by atoms with E-state index in [9.17, 15) is 30.8 Å². The molecule has 1 fully saturated rings. The van der Waals surface area contributed by atoms with Crippen LogP contribution in [-0.4, -0.2) is 73.8 Å². The van der Waals surface area contributed by atoms with Crippen molar-refractivity contribution < 1.29 is 30.8 Å². The molecule has 0 saturated carbocycles. The number of hydrogen-bond acceptors (Lipinski definition) is 6. The van der Waals surface area contributed by atoms with Crippen LogP contribution in [0.3, 0.4) is 0 Å². The van der Waals surface area contributed by atoms with Crippen LogP contribution in [0.2, 0.25) is 0 Å². The number of aromatic nitrogens is 1. The van der Waals surface area contributed by atoms with Crippen molar-refractivity contribution in [2.75, 3.05) is 44.2 Å². The summed E-state index contributed by atoms with van der Waals surface area (Å²) in [6.07, 6.45) is -1.39.